The van der Waals surface area contributed by atoms with Gasteiger partial charge in [0.1, 0.15) is 10.6 Å². The number of hydrogen-bond acceptors (Lipinski definition) is 4. The van der Waals surface area contributed by atoms with E-state index in [1.54, 1.807) is 14.1 Å². The van der Waals surface area contributed by atoms with Crippen LogP contribution >= 0.6 is 10.2 Å². The molecule has 1 fully saturated rings. The van der Waals surface area contributed by atoms with Crippen LogP contribution in [0.5, 0.6) is 0 Å². The van der Waals surface area contributed by atoms with E-state index >= 15 is 0 Å². The van der Waals surface area contributed by atoms with Gasteiger partial charge < -0.3 is 10.2 Å². The Morgan fingerprint density at radius 1 is 1.17 bits per heavy atom. The molecule has 0 radical (unpaired) electrons. The van der Waals surface area contributed by atoms with Gasteiger partial charge >= 0.3 is 10.2 Å². The van der Waals surface area contributed by atoms with Crippen molar-refractivity contribution in [1.29, 1.82) is 0 Å². The van der Waals surface area contributed by atoms with Gasteiger partial charge in [-0.2, -0.15) is 0 Å². The molecule has 0 bridgehead atoms. The summed E-state index contributed by atoms with van der Waals surface area (Å²) in [6.45, 7) is 1.83. The predicted molar refractivity (Wildman–Crippen MR) is 105 cm³/mol. The van der Waals surface area contributed by atoms with Gasteiger partial charge in [0.15, 0.2) is 0 Å². The molecule has 1 atom stereocenters. The topological polar surface area (TPSA) is 78.1 Å². The van der Waals surface area contributed by atoms with Crippen molar-refractivity contribution in [3.8, 4) is 0 Å². The molecule has 2 N–H and O–H groups in total. The molecule has 6 nitrogen and oxygen atoms in total. The van der Waals surface area contributed by atoms with E-state index in [-0.39, 0.29) is 17.2 Å². The molecule has 2 aromatic rings. The van der Waals surface area contributed by atoms with Crippen molar-refractivity contribution in [2.24, 2.45) is 5.41 Å². The van der Waals surface area contributed by atoms with E-state index in [4.69, 9.17) is 0 Å². The van der Waals surface area contributed by atoms with Gasteiger partial charge in [0, 0.05) is 20.2 Å². The zero-order valence-corrected chi connectivity index (χ0v) is 17.2. The number of nitrogens with zero attached hydrogens (tertiary/aromatic N) is 2. The highest BCUT2D eigenvalue weighted by Gasteiger charge is 2.65. The number of aromatic amines is 1. The van der Waals surface area contributed by atoms with Gasteiger partial charge in [-0.15, -0.1) is 0 Å². The van der Waals surface area contributed by atoms with Crippen LogP contribution in [0.3, 0.4) is 0 Å². The van der Waals surface area contributed by atoms with E-state index < -0.39 is 38.0 Å². The molecule has 0 spiro atoms. The fraction of sp³-hybridized carbons (Fsp3) is 0.389. The molecule has 1 amide bonds. The summed E-state index contributed by atoms with van der Waals surface area (Å²) in [4.78, 5) is 30.6. The lowest BCUT2D eigenvalue weighted by atomic mass is 9.91. The number of benzene rings is 1. The highest BCUT2D eigenvalue weighted by molar-refractivity contribution is 8.45. The van der Waals surface area contributed by atoms with Crippen molar-refractivity contribution in [3.63, 3.8) is 0 Å². The molecule has 30 heavy (non-hydrogen) atoms. The normalized spacial score (nSPS) is 18.7. The summed E-state index contributed by atoms with van der Waals surface area (Å²) >= 11 is 0. The van der Waals surface area contributed by atoms with Crippen LogP contribution in [-0.2, 0) is 0 Å². The van der Waals surface area contributed by atoms with Crippen LogP contribution in [-0.4, -0.2) is 30.0 Å². The van der Waals surface area contributed by atoms with Gasteiger partial charge in [-0.25, -0.2) is 4.98 Å². The van der Waals surface area contributed by atoms with Gasteiger partial charge in [0.2, 0.25) is 5.95 Å². The third-order valence-corrected chi connectivity index (χ3v) is 6.22. The summed E-state index contributed by atoms with van der Waals surface area (Å²) in [7, 11) is -6.54. The second-order valence-corrected chi connectivity index (χ2v) is 10.4. The number of amides is 1. The quantitative estimate of drug-likeness (QED) is 0.620. The van der Waals surface area contributed by atoms with Gasteiger partial charge in [0.05, 0.1) is 6.04 Å². The largest absolute Gasteiger partial charge is 0.348 e. The number of rotatable bonds is 6. The molecule has 1 heterocycles. The van der Waals surface area contributed by atoms with Gasteiger partial charge in [-0.05, 0) is 36.0 Å². The van der Waals surface area contributed by atoms with E-state index in [0.717, 1.165) is 18.2 Å². The van der Waals surface area contributed by atoms with E-state index in [0.29, 0.717) is 25.0 Å². The van der Waals surface area contributed by atoms with Crippen LogP contribution in [0, 0.1) is 5.41 Å². The Bertz CT molecular complexity index is 1050. The minimum absolute atomic E-state index is 0.155. The number of H-pyrrole nitrogens is 1. The lowest BCUT2D eigenvalue weighted by molar-refractivity contribution is 0.0913. The fourth-order valence-corrected chi connectivity index (χ4v) is 3.69. The highest BCUT2D eigenvalue weighted by Crippen LogP contribution is 3.02. The Morgan fingerprint density at radius 3 is 2.20 bits per heavy atom. The summed E-state index contributed by atoms with van der Waals surface area (Å²) in [5, 5.41) is 2.69. The molecule has 0 saturated heterocycles. The van der Waals surface area contributed by atoms with E-state index in [9.17, 15) is 29.0 Å². The smallest absolute Gasteiger partial charge is 0.310 e. The van der Waals surface area contributed by atoms with Crippen molar-refractivity contribution in [2.45, 2.75) is 30.7 Å². The first-order chi connectivity index (χ1) is 13.5. The van der Waals surface area contributed by atoms with Gasteiger partial charge in [0.25, 0.3) is 11.5 Å². The molecule has 1 aliphatic rings. The zero-order valence-electron chi connectivity index (χ0n) is 16.4. The maximum absolute atomic E-state index is 13.0. The second kappa shape index (κ2) is 6.19. The maximum Gasteiger partial charge on any atom is 0.310 e. The standard InChI is InChI=1S/C18H21F5N4O2S/c1-18(8-9-18)15(11-4-6-12(7-5-11)30(19,20,21,22)23)26-16(29)13-10-14(28)25-17(24-13)27(2)3/h4-7,10,15H,8-9H2,1-3H3,(H,26,29)(H,24,25,28)/t15-/m0/s1. The lowest BCUT2D eigenvalue weighted by Crippen LogP contribution is -2.35. The van der Waals surface area contributed by atoms with E-state index in [1.807, 2.05) is 6.92 Å². The molecule has 166 valence electrons. The molecule has 1 aliphatic carbocycles. The summed E-state index contributed by atoms with van der Waals surface area (Å²) < 4.78 is 64.9. The molecule has 12 heteroatoms. The number of nitrogens with one attached hydrogen (secondary N) is 2. The number of carbonyl (C=O) groups excluding carboxylic acids is 1. The zero-order chi connectivity index (χ0) is 22.6. The van der Waals surface area contributed by atoms with E-state index in [1.165, 1.54) is 4.90 Å². The number of halogens is 5. The first kappa shape index (κ1) is 22.1. The molecule has 1 aromatic carbocycles. The minimum Gasteiger partial charge on any atom is -0.348 e. The molecule has 0 aliphatic heterocycles. The Morgan fingerprint density at radius 2 is 1.73 bits per heavy atom. The first-order valence-corrected chi connectivity index (χ1v) is 10.9. The Balaban J connectivity index is 1.92. The third kappa shape index (κ3) is 4.74. The van der Waals surface area contributed by atoms with Crippen molar-refractivity contribution in [2.75, 3.05) is 19.0 Å². The van der Waals surface area contributed by atoms with Crippen molar-refractivity contribution < 1.29 is 24.2 Å². The van der Waals surface area contributed by atoms with E-state index in [2.05, 4.69) is 15.3 Å². The van der Waals surface area contributed by atoms with Crippen molar-refractivity contribution in [1.82, 2.24) is 15.3 Å². The Labute approximate surface area is 169 Å². The third-order valence-electron chi connectivity index (χ3n) is 5.06. The number of carbonyl (C=O) groups is 1. The molecule has 0 unspecified atom stereocenters. The molecular weight excluding hydrogens is 431 g/mol. The van der Waals surface area contributed by atoms with Crippen LogP contribution in [0.2, 0.25) is 0 Å². The molecular formula is C18H21F5N4O2S. The Hall–Kier alpha value is -2.63. The molecule has 1 aromatic heterocycles. The van der Waals surface area contributed by atoms with Crippen molar-refractivity contribution >= 4 is 22.1 Å². The monoisotopic (exact) mass is 452 g/mol. The fourth-order valence-electron chi connectivity index (χ4n) is 3.04. The summed E-state index contributed by atoms with van der Waals surface area (Å²) in [5.74, 6) is -0.541. The Kier molecular flexibility index (Phi) is 4.55. The van der Waals surface area contributed by atoms with Gasteiger partial charge in [-0.1, -0.05) is 38.5 Å². The first-order valence-electron chi connectivity index (χ1n) is 8.92. The predicted octanol–water partition coefficient (Wildman–Crippen LogP) is 4.76. The maximum atomic E-state index is 13.0. The van der Waals surface area contributed by atoms with Crippen LogP contribution < -0.4 is 15.8 Å². The van der Waals surface area contributed by atoms with Crippen LogP contribution in [0.4, 0.5) is 25.4 Å². The summed E-state index contributed by atoms with van der Waals surface area (Å²) in [5.41, 5.74) is -0.905. The SMILES string of the molecule is CN(C)c1nc(C(=O)N[C@@H](c2ccc(S(F)(F)(F)(F)F)cc2)C2(C)CC2)cc(=O)[nH]1. The second-order valence-electron chi connectivity index (χ2n) is 7.95. The lowest BCUT2D eigenvalue weighted by Gasteiger charge is -2.40. The van der Waals surface area contributed by atoms with Gasteiger partial charge in [-0.3, -0.25) is 14.6 Å². The average Bonchev–Trinajstić information content (AvgIpc) is 3.35. The summed E-state index contributed by atoms with van der Waals surface area (Å²) in [6, 6.07) is 2.82. The molecule has 3 rings (SSSR count). The summed E-state index contributed by atoms with van der Waals surface area (Å²) in [6.07, 6.45) is 1.38. The number of hydrogen-bond donors (Lipinski definition) is 2. The average molecular weight is 452 g/mol. The molecule has 1 saturated carbocycles. The highest BCUT2D eigenvalue weighted by atomic mass is 32.5. The number of aromatic nitrogens is 2. The van der Waals surface area contributed by atoms with Crippen LogP contribution in [0.15, 0.2) is 40.0 Å². The minimum atomic E-state index is -9.78. The number of anilines is 1. The van der Waals surface area contributed by atoms with Crippen LogP contribution in [0.25, 0.3) is 0 Å². The van der Waals surface area contributed by atoms with Crippen LogP contribution in [0.1, 0.15) is 41.9 Å². The van der Waals surface area contributed by atoms with Crippen molar-refractivity contribution in [3.05, 3.63) is 51.9 Å².